The third kappa shape index (κ3) is 3.77. The van der Waals surface area contributed by atoms with Crippen LogP contribution in [0.5, 0.6) is 5.75 Å². The van der Waals surface area contributed by atoms with Crippen molar-refractivity contribution in [1.82, 2.24) is 14.5 Å². The van der Waals surface area contributed by atoms with Gasteiger partial charge in [0.1, 0.15) is 18.2 Å². The summed E-state index contributed by atoms with van der Waals surface area (Å²) >= 11 is 0. The van der Waals surface area contributed by atoms with E-state index in [1.807, 2.05) is 35.2 Å². The Morgan fingerprint density at radius 1 is 1.21 bits per heavy atom. The predicted molar refractivity (Wildman–Crippen MR) is 115 cm³/mol. The summed E-state index contributed by atoms with van der Waals surface area (Å²) in [4.78, 5) is 19.1. The fourth-order valence-corrected chi connectivity index (χ4v) is 4.05. The molecule has 0 saturated carbocycles. The van der Waals surface area contributed by atoms with E-state index in [9.17, 15) is 4.79 Å². The molecular formula is C24H27N3O2. The zero-order valence-corrected chi connectivity index (χ0v) is 17.1. The first-order valence-corrected chi connectivity index (χ1v) is 10.1. The summed E-state index contributed by atoms with van der Waals surface area (Å²) in [6.07, 6.45) is 2.27. The first-order chi connectivity index (χ1) is 14.1. The van der Waals surface area contributed by atoms with E-state index in [-0.39, 0.29) is 11.8 Å². The Hall–Kier alpha value is -3.08. The van der Waals surface area contributed by atoms with Crippen LogP contribution in [0.3, 0.4) is 0 Å². The number of carbonyl (C=O) groups is 1. The van der Waals surface area contributed by atoms with Gasteiger partial charge in [0.25, 0.3) is 0 Å². The summed E-state index contributed by atoms with van der Waals surface area (Å²) in [7, 11) is 0. The van der Waals surface area contributed by atoms with Crippen LogP contribution in [-0.2, 0) is 11.3 Å². The fourth-order valence-electron chi connectivity index (χ4n) is 4.05. The Bertz CT molecular complexity index is 1050. The highest BCUT2D eigenvalue weighted by atomic mass is 16.5. The number of likely N-dealkylation sites (tertiary alicyclic amines) is 1. The summed E-state index contributed by atoms with van der Waals surface area (Å²) < 4.78 is 8.32. The number of amides is 1. The number of ether oxygens (including phenoxy) is 1. The molecule has 0 N–H and O–H groups in total. The number of aryl methyl sites for hydroxylation is 1. The predicted octanol–water partition coefficient (Wildman–Crippen LogP) is 4.23. The van der Waals surface area contributed by atoms with Crippen LogP contribution in [0.4, 0.5) is 0 Å². The van der Waals surface area contributed by atoms with Gasteiger partial charge in [-0.2, -0.15) is 0 Å². The van der Waals surface area contributed by atoms with Crippen molar-refractivity contribution >= 4 is 16.9 Å². The van der Waals surface area contributed by atoms with Crippen molar-refractivity contribution in [3.63, 3.8) is 0 Å². The highest BCUT2D eigenvalue weighted by Crippen LogP contribution is 2.30. The molecule has 1 saturated heterocycles. The van der Waals surface area contributed by atoms with Gasteiger partial charge in [0.05, 0.1) is 17.6 Å². The minimum absolute atomic E-state index is 0.0931. The molecule has 0 spiro atoms. The quantitative estimate of drug-likeness (QED) is 0.568. The minimum atomic E-state index is 0.0931. The molecule has 150 valence electrons. The van der Waals surface area contributed by atoms with Crippen molar-refractivity contribution in [2.45, 2.75) is 32.7 Å². The lowest BCUT2D eigenvalue weighted by Crippen LogP contribution is -2.25. The van der Waals surface area contributed by atoms with Crippen LogP contribution in [0.15, 0.2) is 55.1 Å². The first-order valence-electron chi connectivity index (χ1n) is 10.1. The highest BCUT2D eigenvalue weighted by molar-refractivity contribution is 5.81. The normalized spacial score (nSPS) is 16.6. The Labute approximate surface area is 171 Å². The number of nitrogens with zero attached hydrogens (tertiary/aromatic N) is 3. The lowest BCUT2D eigenvalue weighted by Gasteiger charge is -2.16. The molecule has 1 aliphatic heterocycles. The first kappa shape index (κ1) is 19.2. The summed E-state index contributed by atoms with van der Waals surface area (Å²) in [5.41, 5.74) is 4.44. The van der Waals surface area contributed by atoms with Gasteiger partial charge in [0.2, 0.25) is 5.91 Å². The largest absolute Gasteiger partial charge is 0.491 e. The number of benzene rings is 2. The van der Waals surface area contributed by atoms with Crippen molar-refractivity contribution in [3.8, 4) is 5.75 Å². The molecule has 29 heavy (non-hydrogen) atoms. The third-order valence-electron chi connectivity index (χ3n) is 5.74. The van der Waals surface area contributed by atoms with Crippen molar-refractivity contribution < 1.29 is 9.53 Å². The maximum Gasteiger partial charge on any atom is 0.223 e. The van der Waals surface area contributed by atoms with Gasteiger partial charge in [0.15, 0.2) is 0 Å². The molecule has 1 amide bonds. The van der Waals surface area contributed by atoms with Crippen LogP contribution in [0.25, 0.3) is 11.0 Å². The van der Waals surface area contributed by atoms with Gasteiger partial charge in [-0.3, -0.25) is 4.79 Å². The Morgan fingerprint density at radius 2 is 2.03 bits per heavy atom. The molecule has 1 atom stereocenters. The van der Waals surface area contributed by atoms with Gasteiger partial charge in [0, 0.05) is 25.4 Å². The second-order valence-electron chi connectivity index (χ2n) is 7.65. The van der Waals surface area contributed by atoms with Gasteiger partial charge in [-0.1, -0.05) is 30.3 Å². The van der Waals surface area contributed by atoms with E-state index in [0.29, 0.717) is 32.7 Å². The Kier molecular flexibility index (Phi) is 5.38. The molecule has 2 aromatic carbocycles. The zero-order valence-electron chi connectivity index (χ0n) is 17.1. The van der Waals surface area contributed by atoms with Crippen LogP contribution >= 0.6 is 0 Å². The summed E-state index contributed by atoms with van der Waals surface area (Å²) in [6, 6.07) is 14.3. The smallest absolute Gasteiger partial charge is 0.223 e. The number of hydrogen-bond donors (Lipinski definition) is 0. The molecular weight excluding hydrogens is 362 g/mol. The van der Waals surface area contributed by atoms with Gasteiger partial charge in [-0.15, -0.1) is 6.58 Å². The van der Waals surface area contributed by atoms with Crippen molar-refractivity contribution in [2.75, 3.05) is 19.7 Å². The molecule has 0 bridgehead atoms. The van der Waals surface area contributed by atoms with Gasteiger partial charge in [-0.05, 0) is 43.2 Å². The van der Waals surface area contributed by atoms with E-state index in [1.165, 1.54) is 11.1 Å². The number of fused-ring (bicyclic) bond motifs is 1. The number of carbonyl (C=O) groups excluding carboxylic acids is 1. The molecule has 1 aliphatic rings. The molecule has 5 heteroatoms. The monoisotopic (exact) mass is 389 g/mol. The molecule has 0 radical (unpaired) electrons. The molecule has 1 fully saturated rings. The van der Waals surface area contributed by atoms with Gasteiger partial charge in [-0.25, -0.2) is 4.98 Å². The molecule has 0 unspecified atom stereocenters. The van der Waals surface area contributed by atoms with E-state index in [4.69, 9.17) is 9.72 Å². The number of hydrogen-bond acceptors (Lipinski definition) is 3. The Balaban J connectivity index is 1.58. The minimum Gasteiger partial charge on any atom is -0.491 e. The van der Waals surface area contributed by atoms with E-state index >= 15 is 0 Å². The van der Waals surface area contributed by atoms with Crippen LogP contribution in [-0.4, -0.2) is 40.1 Å². The Morgan fingerprint density at radius 3 is 2.86 bits per heavy atom. The lowest BCUT2D eigenvalue weighted by molar-refractivity contribution is -0.127. The van der Waals surface area contributed by atoms with Crippen molar-refractivity contribution in [2.24, 2.45) is 0 Å². The molecule has 3 aromatic rings. The maximum absolute atomic E-state index is 12.4. The molecule has 0 aliphatic carbocycles. The average Bonchev–Trinajstić information content (AvgIpc) is 3.26. The number of imidazole rings is 1. The third-order valence-corrected chi connectivity index (χ3v) is 5.74. The number of aromatic nitrogens is 2. The molecule has 2 heterocycles. The second-order valence-corrected chi connectivity index (χ2v) is 7.65. The fraction of sp³-hybridized carbons (Fsp3) is 0.333. The van der Waals surface area contributed by atoms with E-state index in [0.717, 1.165) is 22.6 Å². The topological polar surface area (TPSA) is 47.4 Å². The summed E-state index contributed by atoms with van der Waals surface area (Å²) in [5.74, 6) is 2.15. The molecule has 4 rings (SSSR count). The van der Waals surface area contributed by atoms with E-state index < -0.39 is 0 Å². The van der Waals surface area contributed by atoms with Crippen molar-refractivity contribution in [3.05, 3.63) is 72.1 Å². The second kappa shape index (κ2) is 8.11. The van der Waals surface area contributed by atoms with Crippen molar-refractivity contribution in [1.29, 1.82) is 0 Å². The molecule has 1 aromatic heterocycles. The summed E-state index contributed by atoms with van der Waals surface area (Å²) in [5, 5.41) is 0. The summed E-state index contributed by atoms with van der Waals surface area (Å²) in [6.45, 7) is 10.5. The lowest BCUT2D eigenvalue weighted by atomic mass is 10.1. The van der Waals surface area contributed by atoms with Gasteiger partial charge >= 0.3 is 0 Å². The average molecular weight is 389 g/mol. The molecule has 5 nitrogen and oxygen atoms in total. The van der Waals surface area contributed by atoms with Crippen LogP contribution < -0.4 is 4.74 Å². The van der Waals surface area contributed by atoms with Crippen LogP contribution in [0.1, 0.15) is 29.3 Å². The number of para-hydroxylation sites is 2. The SMILES string of the molecule is C=CCN1C[C@H](c2nc3ccccc3n2CCOc2cccc(C)c2C)CC1=O. The standard InChI is InChI=1S/C24H27N3O2/c1-4-12-26-16-19(15-23(26)28)24-25-20-9-5-6-10-21(20)27(24)13-14-29-22-11-7-8-17(2)18(22)3/h4-11,19H,1,12-16H2,2-3H3/t19-/m1/s1. The van der Waals surface area contributed by atoms with E-state index in [2.05, 4.69) is 37.1 Å². The van der Waals surface area contributed by atoms with Crippen LogP contribution in [0, 0.1) is 13.8 Å². The number of rotatable bonds is 7. The van der Waals surface area contributed by atoms with Gasteiger partial charge < -0.3 is 14.2 Å². The maximum atomic E-state index is 12.4. The highest BCUT2D eigenvalue weighted by Gasteiger charge is 2.33. The zero-order chi connectivity index (χ0) is 20.4. The van der Waals surface area contributed by atoms with E-state index in [1.54, 1.807) is 6.08 Å². The van der Waals surface area contributed by atoms with Crippen LogP contribution in [0.2, 0.25) is 0 Å².